The maximum Gasteiger partial charge on any atom is 0.387 e. The fourth-order valence-corrected chi connectivity index (χ4v) is 1.57. The standard InChI is InChI=1S/C12H17F2NO2/c1-2-3-10(16)11(15)8-4-6-9(7-5-8)17-12(13)14/h4-7,10-12,16H,2-3,15H2,1H3/t10-,11+/m0/s1. The lowest BCUT2D eigenvalue weighted by atomic mass is 9.99. The Labute approximate surface area is 99.2 Å². The quantitative estimate of drug-likeness (QED) is 0.809. The van der Waals surface area contributed by atoms with Gasteiger partial charge in [0.1, 0.15) is 5.75 Å². The molecule has 1 aromatic rings. The number of alkyl halides is 2. The Kier molecular flexibility index (Phi) is 5.31. The predicted octanol–water partition coefficient (Wildman–Crippen LogP) is 2.45. The molecule has 0 saturated heterocycles. The van der Waals surface area contributed by atoms with Crippen molar-refractivity contribution in [2.24, 2.45) is 5.73 Å². The van der Waals surface area contributed by atoms with Gasteiger partial charge >= 0.3 is 6.61 Å². The van der Waals surface area contributed by atoms with E-state index in [-0.39, 0.29) is 5.75 Å². The molecule has 0 radical (unpaired) electrons. The third-order valence-corrected chi connectivity index (χ3v) is 2.49. The van der Waals surface area contributed by atoms with Crippen molar-refractivity contribution in [1.82, 2.24) is 0 Å². The highest BCUT2D eigenvalue weighted by atomic mass is 19.3. The largest absolute Gasteiger partial charge is 0.435 e. The van der Waals surface area contributed by atoms with Gasteiger partial charge in [-0.15, -0.1) is 0 Å². The first-order chi connectivity index (χ1) is 8.04. The molecule has 0 unspecified atom stereocenters. The average molecular weight is 245 g/mol. The molecule has 3 nitrogen and oxygen atoms in total. The third kappa shape index (κ3) is 4.28. The Morgan fingerprint density at radius 2 is 1.88 bits per heavy atom. The van der Waals surface area contributed by atoms with Gasteiger partial charge in [-0.3, -0.25) is 0 Å². The maximum atomic E-state index is 11.9. The minimum Gasteiger partial charge on any atom is -0.435 e. The first-order valence-corrected chi connectivity index (χ1v) is 5.53. The fourth-order valence-electron chi connectivity index (χ4n) is 1.57. The van der Waals surface area contributed by atoms with Crippen LogP contribution < -0.4 is 10.5 Å². The van der Waals surface area contributed by atoms with Gasteiger partial charge in [-0.2, -0.15) is 8.78 Å². The van der Waals surface area contributed by atoms with Crippen LogP contribution >= 0.6 is 0 Å². The number of hydrogen-bond donors (Lipinski definition) is 2. The highest BCUT2D eigenvalue weighted by Crippen LogP contribution is 2.21. The van der Waals surface area contributed by atoms with Crippen LogP contribution in [0.5, 0.6) is 5.75 Å². The summed E-state index contributed by atoms with van der Waals surface area (Å²) in [4.78, 5) is 0. The second kappa shape index (κ2) is 6.51. The smallest absolute Gasteiger partial charge is 0.387 e. The van der Waals surface area contributed by atoms with Crippen molar-refractivity contribution in [3.63, 3.8) is 0 Å². The molecule has 0 saturated carbocycles. The van der Waals surface area contributed by atoms with Crippen LogP contribution in [0.4, 0.5) is 8.78 Å². The normalized spacial score (nSPS) is 14.7. The van der Waals surface area contributed by atoms with Crippen LogP contribution in [-0.4, -0.2) is 17.8 Å². The topological polar surface area (TPSA) is 55.5 Å². The van der Waals surface area contributed by atoms with E-state index >= 15 is 0 Å². The van der Waals surface area contributed by atoms with Gasteiger partial charge in [0.2, 0.25) is 0 Å². The van der Waals surface area contributed by atoms with Gasteiger partial charge in [0.15, 0.2) is 0 Å². The molecule has 0 aliphatic carbocycles. The fraction of sp³-hybridized carbons (Fsp3) is 0.500. The zero-order valence-corrected chi connectivity index (χ0v) is 9.64. The molecule has 3 N–H and O–H groups in total. The van der Waals surface area contributed by atoms with Gasteiger partial charge in [-0.1, -0.05) is 25.5 Å². The van der Waals surface area contributed by atoms with E-state index in [0.717, 1.165) is 6.42 Å². The first kappa shape index (κ1) is 13.9. The number of aliphatic hydroxyl groups is 1. The van der Waals surface area contributed by atoms with E-state index in [2.05, 4.69) is 4.74 Å². The number of ether oxygens (including phenoxy) is 1. The summed E-state index contributed by atoms with van der Waals surface area (Å²) in [5.41, 5.74) is 6.54. The molecule has 17 heavy (non-hydrogen) atoms. The van der Waals surface area contributed by atoms with Crippen LogP contribution in [0, 0.1) is 0 Å². The highest BCUT2D eigenvalue weighted by Gasteiger charge is 2.16. The number of nitrogens with two attached hydrogens (primary N) is 1. The molecule has 2 atom stereocenters. The van der Waals surface area contributed by atoms with Crippen LogP contribution in [0.15, 0.2) is 24.3 Å². The van der Waals surface area contributed by atoms with E-state index in [1.54, 1.807) is 12.1 Å². The van der Waals surface area contributed by atoms with Crippen LogP contribution in [0.3, 0.4) is 0 Å². The van der Waals surface area contributed by atoms with Crippen molar-refractivity contribution in [2.75, 3.05) is 0 Å². The lowest BCUT2D eigenvalue weighted by molar-refractivity contribution is -0.0498. The highest BCUT2D eigenvalue weighted by molar-refractivity contribution is 5.29. The number of aliphatic hydroxyl groups excluding tert-OH is 1. The Morgan fingerprint density at radius 3 is 2.35 bits per heavy atom. The molecule has 0 aliphatic heterocycles. The van der Waals surface area contributed by atoms with Crippen molar-refractivity contribution < 1.29 is 18.6 Å². The first-order valence-electron chi connectivity index (χ1n) is 5.53. The Hall–Kier alpha value is -1.20. The summed E-state index contributed by atoms with van der Waals surface area (Å²) in [6, 6.07) is 5.50. The zero-order valence-electron chi connectivity index (χ0n) is 9.64. The molecule has 0 amide bonds. The number of halogens is 2. The number of hydrogen-bond acceptors (Lipinski definition) is 3. The summed E-state index contributed by atoms with van der Waals surface area (Å²) in [5.74, 6) is 0.0842. The molecule has 0 fully saturated rings. The van der Waals surface area contributed by atoms with Crippen LogP contribution in [0.25, 0.3) is 0 Å². The van der Waals surface area contributed by atoms with Crippen LogP contribution in [0.1, 0.15) is 31.4 Å². The molecular formula is C12H17F2NO2. The van der Waals surface area contributed by atoms with Gasteiger partial charge in [-0.25, -0.2) is 0 Å². The van der Waals surface area contributed by atoms with Crippen molar-refractivity contribution in [3.8, 4) is 5.75 Å². The Balaban J connectivity index is 2.66. The SMILES string of the molecule is CCC[C@H](O)[C@H](N)c1ccc(OC(F)F)cc1. The third-order valence-electron chi connectivity index (χ3n) is 2.49. The van der Waals surface area contributed by atoms with E-state index < -0.39 is 18.8 Å². The summed E-state index contributed by atoms with van der Waals surface area (Å²) in [6.45, 7) is -0.879. The lowest BCUT2D eigenvalue weighted by Gasteiger charge is -2.18. The second-order valence-electron chi connectivity index (χ2n) is 3.83. The van der Waals surface area contributed by atoms with Gasteiger partial charge in [-0.05, 0) is 24.1 Å². The Bertz CT molecular complexity index is 330. The minimum absolute atomic E-state index is 0.0842. The van der Waals surface area contributed by atoms with Crippen LogP contribution in [0.2, 0.25) is 0 Å². The summed E-state index contributed by atoms with van der Waals surface area (Å²) in [5, 5.41) is 9.71. The van der Waals surface area contributed by atoms with E-state index in [4.69, 9.17) is 5.73 Å². The molecule has 0 aromatic heterocycles. The molecule has 0 aliphatic rings. The summed E-state index contributed by atoms with van der Waals surface area (Å²) >= 11 is 0. The van der Waals surface area contributed by atoms with Gasteiger partial charge in [0, 0.05) is 0 Å². The van der Waals surface area contributed by atoms with E-state index in [9.17, 15) is 13.9 Å². The predicted molar refractivity (Wildman–Crippen MR) is 60.9 cm³/mol. The maximum absolute atomic E-state index is 11.9. The Morgan fingerprint density at radius 1 is 1.29 bits per heavy atom. The summed E-state index contributed by atoms with van der Waals surface area (Å²) in [7, 11) is 0. The number of benzene rings is 1. The second-order valence-corrected chi connectivity index (χ2v) is 3.83. The van der Waals surface area contributed by atoms with Crippen LogP contribution in [-0.2, 0) is 0 Å². The van der Waals surface area contributed by atoms with Gasteiger partial charge in [0.05, 0.1) is 12.1 Å². The van der Waals surface area contributed by atoms with Gasteiger partial charge < -0.3 is 15.6 Å². The summed E-state index contributed by atoms with van der Waals surface area (Å²) in [6.07, 6.45) is 0.819. The molecule has 96 valence electrons. The van der Waals surface area contributed by atoms with E-state index in [1.165, 1.54) is 12.1 Å². The molecule has 0 spiro atoms. The molecule has 1 rings (SSSR count). The monoisotopic (exact) mass is 245 g/mol. The average Bonchev–Trinajstić information content (AvgIpc) is 2.28. The van der Waals surface area contributed by atoms with Crippen molar-refractivity contribution >= 4 is 0 Å². The van der Waals surface area contributed by atoms with Crippen molar-refractivity contribution in [1.29, 1.82) is 0 Å². The molecule has 1 aromatic carbocycles. The number of rotatable bonds is 6. The summed E-state index contributed by atoms with van der Waals surface area (Å²) < 4.78 is 28.1. The molecule has 0 bridgehead atoms. The molecule has 5 heteroatoms. The minimum atomic E-state index is -2.83. The zero-order chi connectivity index (χ0) is 12.8. The van der Waals surface area contributed by atoms with E-state index in [1.807, 2.05) is 6.92 Å². The van der Waals surface area contributed by atoms with E-state index in [0.29, 0.717) is 12.0 Å². The van der Waals surface area contributed by atoms with Crippen molar-refractivity contribution in [3.05, 3.63) is 29.8 Å². The molecule has 0 heterocycles. The van der Waals surface area contributed by atoms with Crippen molar-refractivity contribution in [2.45, 2.75) is 38.5 Å². The lowest BCUT2D eigenvalue weighted by Crippen LogP contribution is -2.25. The molecular weight excluding hydrogens is 228 g/mol. The van der Waals surface area contributed by atoms with Gasteiger partial charge in [0.25, 0.3) is 0 Å².